The average molecular weight is 299 g/mol. The van der Waals surface area contributed by atoms with Gasteiger partial charge in [0.15, 0.2) is 0 Å². The van der Waals surface area contributed by atoms with Gasteiger partial charge >= 0.3 is 11.9 Å². The van der Waals surface area contributed by atoms with Crippen LogP contribution >= 0.6 is 11.6 Å². The van der Waals surface area contributed by atoms with Gasteiger partial charge in [-0.2, -0.15) is 0 Å². The number of aryl methyl sites for hydroxylation is 1. The zero-order valence-electron chi connectivity index (χ0n) is 11.8. The first-order chi connectivity index (χ1) is 9.60. The predicted octanol–water partition coefficient (Wildman–Crippen LogP) is 3.10. The molecular formula is C15H19ClO4. The molecule has 1 aromatic rings. The van der Waals surface area contributed by atoms with Crippen LogP contribution in [0.2, 0.25) is 0 Å². The van der Waals surface area contributed by atoms with Crippen molar-refractivity contribution >= 4 is 23.5 Å². The summed E-state index contributed by atoms with van der Waals surface area (Å²) < 4.78 is 9.85. The van der Waals surface area contributed by atoms with Gasteiger partial charge in [-0.15, -0.1) is 11.6 Å². The number of carbonyl (C=O) groups excluding carboxylic acids is 2. The second-order valence-corrected chi connectivity index (χ2v) is 4.46. The van der Waals surface area contributed by atoms with Gasteiger partial charge in [-0.05, 0) is 43.5 Å². The normalized spacial score (nSPS) is 10.2. The molecule has 1 rings (SSSR count). The van der Waals surface area contributed by atoms with Crippen LogP contribution in [0, 0.1) is 0 Å². The first-order valence-electron chi connectivity index (χ1n) is 6.62. The van der Waals surface area contributed by atoms with Crippen molar-refractivity contribution in [2.45, 2.75) is 32.6 Å². The maximum Gasteiger partial charge on any atom is 0.338 e. The van der Waals surface area contributed by atoms with E-state index in [-0.39, 0.29) is 18.4 Å². The minimum atomic E-state index is -0.378. The smallest absolute Gasteiger partial charge is 0.338 e. The van der Waals surface area contributed by atoms with E-state index in [0.29, 0.717) is 31.1 Å². The quantitative estimate of drug-likeness (QED) is 0.573. The van der Waals surface area contributed by atoms with Gasteiger partial charge in [0.25, 0.3) is 0 Å². The third-order valence-corrected chi connectivity index (χ3v) is 2.95. The molecule has 0 unspecified atom stereocenters. The summed E-state index contributed by atoms with van der Waals surface area (Å²) in [6.45, 7) is 4.21. The fourth-order valence-electron chi connectivity index (χ4n) is 1.80. The number of hydrogen-bond donors (Lipinski definition) is 0. The molecule has 0 fully saturated rings. The predicted molar refractivity (Wildman–Crippen MR) is 76.9 cm³/mol. The Kier molecular flexibility index (Phi) is 7.09. The first kappa shape index (κ1) is 16.5. The van der Waals surface area contributed by atoms with Gasteiger partial charge in [0.05, 0.1) is 18.8 Å². The Hall–Kier alpha value is -1.55. The molecule has 0 atom stereocenters. The van der Waals surface area contributed by atoms with Crippen molar-refractivity contribution in [2.24, 2.45) is 0 Å². The second kappa shape index (κ2) is 8.59. The Labute approximate surface area is 124 Å². The topological polar surface area (TPSA) is 52.6 Å². The van der Waals surface area contributed by atoms with Crippen LogP contribution in [-0.4, -0.2) is 25.2 Å². The minimum Gasteiger partial charge on any atom is -0.466 e. The maximum absolute atomic E-state index is 11.7. The van der Waals surface area contributed by atoms with Gasteiger partial charge in [-0.25, -0.2) is 4.79 Å². The zero-order valence-corrected chi connectivity index (χ0v) is 12.5. The number of ether oxygens (including phenoxy) is 2. The number of hydrogen-bond acceptors (Lipinski definition) is 4. The van der Waals surface area contributed by atoms with E-state index in [1.807, 2.05) is 6.07 Å². The summed E-state index contributed by atoms with van der Waals surface area (Å²) in [7, 11) is 0. The molecule has 0 saturated heterocycles. The molecule has 0 aliphatic carbocycles. The Morgan fingerprint density at radius 1 is 1.05 bits per heavy atom. The van der Waals surface area contributed by atoms with E-state index < -0.39 is 0 Å². The van der Waals surface area contributed by atoms with Crippen LogP contribution in [-0.2, 0) is 26.6 Å². The monoisotopic (exact) mass is 298 g/mol. The fraction of sp³-hybridized carbons (Fsp3) is 0.467. The highest BCUT2D eigenvalue weighted by atomic mass is 35.5. The highest BCUT2D eigenvalue weighted by Gasteiger charge is 2.11. The molecule has 110 valence electrons. The van der Waals surface area contributed by atoms with Gasteiger partial charge in [0.2, 0.25) is 0 Å². The molecule has 20 heavy (non-hydrogen) atoms. The van der Waals surface area contributed by atoms with Crippen LogP contribution in [0.15, 0.2) is 18.2 Å². The van der Waals surface area contributed by atoms with Crippen LogP contribution in [0.4, 0.5) is 0 Å². The van der Waals surface area contributed by atoms with Crippen LogP contribution in [0.1, 0.15) is 41.8 Å². The molecule has 5 heteroatoms. The summed E-state index contributed by atoms with van der Waals surface area (Å²) in [6, 6.07) is 5.32. The number of alkyl halides is 1. The standard InChI is InChI=1S/C15H19ClO4/c1-3-19-14(17)6-5-11-7-12(10-16)9-13(8-11)15(18)20-4-2/h7-9H,3-6,10H2,1-2H3. The number of rotatable bonds is 7. The summed E-state index contributed by atoms with van der Waals surface area (Å²) in [6.07, 6.45) is 0.789. The van der Waals surface area contributed by atoms with E-state index in [2.05, 4.69) is 0 Å². The van der Waals surface area contributed by atoms with Crippen molar-refractivity contribution in [1.82, 2.24) is 0 Å². The maximum atomic E-state index is 11.7. The largest absolute Gasteiger partial charge is 0.466 e. The van der Waals surface area contributed by atoms with Crippen LogP contribution in [0.5, 0.6) is 0 Å². The summed E-state index contributed by atoms with van der Waals surface area (Å²) in [5.41, 5.74) is 2.17. The molecule has 0 amide bonds. The average Bonchev–Trinajstić information content (AvgIpc) is 2.45. The van der Waals surface area contributed by atoms with Crippen molar-refractivity contribution < 1.29 is 19.1 Å². The Morgan fingerprint density at radius 2 is 1.70 bits per heavy atom. The van der Waals surface area contributed by atoms with Crippen LogP contribution < -0.4 is 0 Å². The molecular weight excluding hydrogens is 280 g/mol. The van der Waals surface area contributed by atoms with Gasteiger partial charge < -0.3 is 9.47 Å². The van der Waals surface area contributed by atoms with Crippen molar-refractivity contribution in [3.8, 4) is 0 Å². The lowest BCUT2D eigenvalue weighted by molar-refractivity contribution is -0.143. The van der Waals surface area contributed by atoms with Gasteiger partial charge in [-0.3, -0.25) is 4.79 Å². The van der Waals surface area contributed by atoms with E-state index in [1.165, 1.54) is 0 Å². The Balaban J connectivity index is 2.82. The molecule has 4 nitrogen and oxygen atoms in total. The van der Waals surface area contributed by atoms with Gasteiger partial charge in [-0.1, -0.05) is 6.07 Å². The van der Waals surface area contributed by atoms with E-state index in [4.69, 9.17) is 21.1 Å². The fourth-order valence-corrected chi connectivity index (χ4v) is 1.95. The van der Waals surface area contributed by atoms with Gasteiger partial charge in [0.1, 0.15) is 0 Å². The number of carbonyl (C=O) groups is 2. The molecule has 0 N–H and O–H groups in total. The molecule has 0 saturated carbocycles. The van der Waals surface area contributed by atoms with Crippen LogP contribution in [0.25, 0.3) is 0 Å². The van der Waals surface area contributed by atoms with Crippen LogP contribution in [0.3, 0.4) is 0 Å². The summed E-state index contributed by atoms with van der Waals surface area (Å²) in [5, 5.41) is 0. The van der Waals surface area contributed by atoms with Crippen molar-refractivity contribution in [1.29, 1.82) is 0 Å². The minimum absolute atomic E-state index is 0.249. The molecule has 0 aliphatic rings. The van der Waals surface area contributed by atoms with Crippen molar-refractivity contribution in [3.63, 3.8) is 0 Å². The third-order valence-electron chi connectivity index (χ3n) is 2.64. The van der Waals surface area contributed by atoms with E-state index in [0.717, 1.165) is 11.1 Å². The second-order valence-electron chi connectivity index (χ2n) is 4.20. The van der Waals surface area contributed by atoms with E-state index >= 15 is 0 Å². The summed E-state index contributed by atoms with van der Waals surface area (Å²) >= 11 is 5.82. The highest BCUT2D eigenvalue weighted by Crippen LogP contribution is 2.15. The molecule has 1 aromatic carbocycles. The molecule has 0 bridgehead atoms. The molecule has 0 heterocycles. The van der Waals surface area contributed by atoms with Crippen molar-refractivity contribution in [2.75, 3.05) is 13.2 Å². The van der Waals surface area contributed by atoms with Gasteiger partial charge in [0, 0.05) is 12.3 Å². The lowest BCUT2D eigenvalue weighted by Gasteiger charge is -2.08. The zero-order chi connectivity index (χ0) is 15.0. The Morgan fingerprint density at radius 3 is 2.30 bits per heavy atom. The number of halogens is 1. The summed E-state index contributed by atoms with van der Waals surface area (Å²) in [4.78, 5) is 23.1. The lowest BCUT2D eigenvalue weighted by atomic mass is 10.0. The number of esters is 2. The number of benzene rings is 1. The Bertz CT molecular complexity index is 471. The van der Waals surface area contributed by atoms with E-state index in [9.17, 15) is 9.59 Å². The van der Waals surface area contributed by atoms with E-state index in [1.54, 1.807) is 26.0 Å². The highest BCUT2D eigenvalue weighted by molar-refractivity contribution is 6.17. The molecule has 0 aromatic heterocycles. The third kappa shape index (κ3) is 5.21. The summed E-state index contributed by atoms with van der Waals surface area (Å²) in [5.74, 6) is -0.321. The lowest BCUT2D eigenvalue weighted by Crippen LogP contribution is -2.08. The molecule has 0 spiro atoms. The SMILES string of the molecule is CCOC(=O)CCc1cc(CCl)cc(C(=O)OCC)c1. The first-order valence-corrected chi connectivity index (χ1v) is 7.15. The molecule has 0 radical (unpaired) electrons. The van der Waals surface area contributed by atoms with Crippen molar-refractivity contribution in [3.05, 3.63) is 34.9 Å². The molecule has 0 aliphatic heterocycles.